The summed E-state index contributed by atoms with van der Waals surface area (Å²) in [5.74, 6) is 0.0601. The standard InChI is InChI=1S/C26H26N2O4.C24H22N2O4.Li.H2O/c1-3-30-25(29)14-21-8-4-5-10-24(21)31-16-19-12-22-17(2)28-32-26(22)23(13-19)20-9-6-7-18(11-20)15-27;1-15-20-10-17(14-29-22-8-3-2-6-19(22)12-23(27)28)11-21(24(20)30-26-15)18-7-4-5-16(9-18)13-25;;/h4-13H,3,14-16,27H2,1-2H3;2-11H,12-14,25H2,1H3,(H,27,28);;1H2/q;;+1;/p-1. The number of nitrogens with two attached hydrogens (primary N) is 2. The van der Waals surface area contributed by atoms with Gasteiger partial charge in [0.15, 0.2) is 11.2 Å². The quantitative estimate of drug-likeness (QED) is 0.0770. The van der Waals surface area contributed by atoms with Crippen molar-refractivity contribution in [3.05, 3.63) is 166 Å². The number of hydrogen-bond donors (Lipinski definition) is 3. The van der Waals surface area contributed by atoms with Gasteiger partial charge in [0, 0.05) is 46.1 Å². The Bertz CT molecular complexity index is 2860. The molecule has 0 unspecified atom stereocenters. The molecular formula is C50H49LiN4O9. The topological polar surface area (TPSA) is 216 Å². The van der Waals surface area contributed by atoms with Gasteiger partial charge in [-0.3, -0.25) is 9.59 Å². The van der Waals surface area contributed by atoms with Crippen molar-refractivity contribution in [2.75, 3.05) is 6.61 Å². The number of ether oxygens (including phenoxy) is 3. The minimum Gasteiger partial charge on any atom is -0.870 e. The van der Waals surface area contributed by atoms with Crippen LogP contribution in [-0.2, 0) is 53.5 Å². The van der Waals surface area contributed by atoms with Gasteiger partial charge in [0.25, 0.3) is 0 Å². The van der Waals surface area contributed by atoms with Gasteiger partial charge in [0.05, 0.1) is 30.8 Å². The molecule has 0 saturated heterocycles. The van der Waals surface area contributed by atoms with Crippen molar-refractivity contribution in [1.82, 2.24) is 10.3 Å². The summed E-state index contributed by atoms with van der Waals surface area (Å²) >= 11 is 0. The number of benzene rings is 6. The Kier molecular flexibility index (Phi) is 17.0. The second-order valence-corrected chi connectivity index (χ2v) is 14.7. The van der Waals surface area contributed by atoms with E-state index in [1.54, 1.807) is 25.1 Å². The number of carbonyl (C=O) groups is 2. The molecule has 324 valence electrons. The Hall–Kier alpha value is -6.72. The molecule has 0 aliphatic rings. The Morgan fingerprint density at radius 2 is 1.06 bits per heavy atom. The van der Waals surface area contributed by atoms with E-state index >= 15 is 0 Å². The summed E-state index contributed by atoms with van der Waals surface area (Å²) in [7, 11) is 0. The van der Waals surface area contributed by atoms with Crippen LogP contribution >= 0.6 is 0 Å². The Balaban J connectivity index is 0.000000234. The average Bonchev–Trinajstić information content (AvgIpc) is 3.86. The first-order valence-corrected chi connectivity index (χ1v) is 20.3. The van der Waals surface area contributed by atoms with Crippen LogP contribution in [0, 0.1) is 13.8 Å². The third kappa shape index (κ3) is 11.6. The van der Waals surface area contributed by atoms with Gasteiger partial charge in [-0.2, -0.15) is 0 Å². The Labute approximate surface area is 382 Å². The molecule has 14 heteroatoms. The number of hydrogen-bond acceptors (Lipinski definition) is 12. The average molecular weight is 857 g/mol. The second kappa shape index (κ2) is 22.6. The predicted molar refractivity (Wildman–Crippen MR) is 239 cm³/mol. The zero-order valence-electron chi connectivity index (χ0n) is 36.3. The predicted octanol–water partition coefficient (Wildman–Crippen LogP) is 6.24. The summed E-state index contributed by atoms with van der Waals surface area (Å²) in [5.41, 5.74) is 24.0. The van der Waals surface area contributed by atoms with Gasteiger partial charge in [-0.1, -0.05) is 83.1 Å². The number of aliphatic carboxylic acids is 1. The van der Waals surface area contributed by atoms with Gasteiger partial charge < -0.3 is 45.3 Å². The first-order chi connectivity index (χ1) is 30.1. The number of esters is 1. The van der Waals surface area contributed by atoms with Crippen molar-refractivity contribution >= 4 is 33.9 Å². The zero-order chi connectivity index (χ0) is 43.6. The van der Waals surface area contributed by atoms with Crippen molar-refractivity contribution in [3.63, 3.8) is 0 Å². The molecule has 2 heterocycles. The minimum absolute atomic E-state index is 0. The molecule has 0 spiro atoms. The number of rotatable bonds is 15. The van der Waals surface area contributed by atoms with Crippen molar-refractivity contribution in [2.45, 2.75) is 59.9 Å². The van der Waals surface area contributed by atoms with Crippen LogP contribution in [0.1, 0.15) is 51.7 Å². The number of carboxylic acids is 1. The van der Waals surface area contributed by atoms with Crippen LogP contribution in [0.2, 0.25) is 0 Å². The third-order valence-electron chi connectivity index (χ3n) is 10.3. The molecule has 6 N–H and O–H groups in total. The molecule has 2 aromatic heterocycles. The van der Waals surface area contributed by atoms with Crippen molar-refractivity contribution < 1.29 is 62.3 Å². The molecule has 0 atom stereocenters. The molecule has 13 nitrogen and oxygen atoms in total. The van der Waals surface area contributed by atoms with Crippen LogP contribution in [-0.4, -0.2) is 39.4 Å². The number of nitrogens with zero attached hydrogens (tertiary/aromatic N) is 2. The van der Waals surface area contributed by atoms with Crippen molar-refractivity contribution in [2.24, 2.45) is 11.5 Å². The summed E-state index contributed by atoms with van der Waals surface area (Å²) in [6, 6.07) is 38.9. The number of aromatic nitrogens is 2. The molecule has 6 aromatic carbocycles. The number of carboxylic acid groups (broad SMARTS) is 1. The fourth-order valence-corrected chi connectivity index (χ4v) is 7.20. The fourth-order valence-electron chi connectivity index (χ4n) is 7.20. The van der Waals surface area contributed by atoms with Crippen molar-refractivity contribution in [1.29, 1.82) is 0 Å². The largest absolute Gasteiger partial charge is 1.00 e. The molecule has 0 amide bonds. The first kappa shape index (κ1) is 48.3. The van der Waals surface area contributed by atoms with Gasteiger partial charge in [-0.25, -0.2) is 0 Å². The van der Waals surface area contributed by atoms with Crippen LogP contribution in [0.5, 0.6) is 11.5 Å². The third-order valence-corrected chi connectivity index (χ3v) is 10.3. The van der Waals surface area contributed by atoms with E-state index in [1.807, 2.05) is 105 Å². The van der Waals surface area contributed by atoms with Crippen LogP contribution in [0.25, 0.3) is 44.2 Å². The molecular weight excluding hydrogens is 808 g/mol. The van der Waals surface area contributed by atoms with E-state index in [-0.39, 0.29) is 43.1 Å². The SMILES string of the molecule is CCOC(=O)Cc1ccccc1OCc1cc(-c2cccc(CN)c2)c2onc(C)c2c1.Cc1noc2c(-c3cccc(CN)c3)cc(COc3ccccc3CC(=O)O)cc12.[Li+].[OH-]. The van der Waals surface area contributed by atoms with Crippen molar-refractivity contribution in [3.8, 4) is 33.8 Å². The second-order valence-electron chi connectivity index (χ2n) is 14.7. The molecule has 0 aliphatic heterocycles. The molecule has 8 aromatic rings. The van der Waals surface area contributed by atoms with E-state index in [9.17, 15) is 9.59 Å². The van der Waals surface area contributed by atoms with Gasteiger partial charge in [-0.15, -0.1) is 0 Å². The van der Waals surface area contributed by atoms with E-state index in [1.165, 1.54) is 0 Å². The maximum atomic E-state index is 11.9. The van der Waals surface area contributed by atoms with Crippen LogP contribution in [0.15, 0.2) is 130 Å². The monoisotopic (exact) mass is 856 g/mol. The molecule has 64 heavy (non-hydrogen) atoms. The number of aryl methyl sites for hydroxylation is 2. The molecule has 8 rings (SSSR count). The van der Waals surface area contributed by atoms with Gasteiger partial charge >= 0.3 is 30.8 Å². The van der Waals surface area contributed by atoms with E-state index in [0.717, 1.165) is 83.4 Å². The molecule has 0 bridgehead atoms. The summed E-state index contributed by atoms with van der Waals surface area (Å²) in [6.45, 7) is 7.52. The number of para-hydroxylation sites is 2. The first-order valence-electron chi connectivity index (χ1n) is 20.3. The van der Waals surface area contributed by atoms with E-state index in [0.29, 0.717) is 50.0 Å². The molecule has 0 aliphatic carbocycles. The van der Waals surface area contributed by atoms with Crippen LogP contribution < -0.4 is 39.8 Å². The smallest absolute Gasteiger partial charge is 0.870 e. The minimum atomic E-state index is -0.894. The molecule has 0 radical (unpaired) electrons. The summed E-state index contributed by atoms with van der Waals surface area (Å²) in [4.78, 5) is 23.1. The zero-order valence-corrected chi connectivity index (χ0v) is 36.3. The maximum Gasteiger partial charge on any atom is 1.00 e. The van der Waals surface area contributed by atoms with E-state index in [2.05, 4.69) is 22.4 Å². The van der Waals surface area contributed by atoms with Gasteiger partial charge in [0.1, 0.15) is 24.7 Å². The normalized spacial score (nSPS) is 10.6. The van der Waals surface area contributed by atoms with E-state index < -0.39 is 5.97 Å². The number of fused-ring (bicyclic) bond motifs is 2. The summed E-state index contributed by atoms with van der Waals surface area (Å²) in [6.07, 6.45) is 0.0854. The Morgan fingerprint density at radius 1 is 0.609 bits per heavy atom. The number of carbonyl (C=O) groups excluding carboxylic acids is 1. The molecule has 0 fully saturated rings. The maximum absolute atomic E-state index is 11.9. The Morgan fingerprint density at radius 3 is 1.50 bits per heavy atom. The fraction of sp³-hybridized carbons (Fsp3) is 0.200. The van der Waals surface area contributed by atoms with Crippen LogP contribution in [0.3, 0.4) is 0 Å². The van der Waals surface area contributed by atoms with Gasteiger partial charge in [0.2, 0.25) is 0 Å². The summed E-state index contributed by atoms with van der Waals surface area (Å²) in [5, 5.41) is 19.3. The summed E-state index contributed by atoms with van der Waals surface area (Å²) < 4.78 is 28.4. The van der Waals surface area contributed by atoms with Gasteiger partial charge in [-0.05, 0) is 103 Å². The van der Waals surface area contributed by atoms with E-state index in [4.69, 9.17) is 39.8 Å². The molecule has 0 saturated carbocycles. The van der Waals surface area contributed by atoms with Crippen LogP contribution in [0.4, 0.5) is 0 Å².